The molecule has 2 heterocycles. The first-order valence-electron chi connectivity index (χ1n) is 9.22. The van der Waals surface area contributed by atoms with Crippen molar-refractivity contribution in [1.29, 1.82) is 0 Å². The van der Waals surface area contributed by atoms with E-state index in [2.05, 4.69) is 39.3 Å². The Kier molecular flexibility index (Phi) is 7.38. The van der Waals surface area contributed by atoms with Crippen LogP contribution in [0.2, 0.25) is 0 Å². The van der Waals surface area contributed by atoms with E-state index in [-0.39, 0.29) is 0 Å². The summed E-state index contributed by atoms with van der Waals surface area (Å²) in [5.41, 5.74) is 0.864. The van der Waals surface area contributed by atoms with Crippen molar-refractivity contribution in [3.8, 4) is 11.5 Å². The Hall–Kier alpha value is -1.53. The molecule has 6 heteroatoms. The van der Waals surface area contributed by atoms with E-state index in [0.29, 0.717) is 0 Å². The van der Waals surface area contributed by atoms with Crippen molar-refractivity contribution in [2.24, 2.45) is 5.92 Å². The molecule has 0 bridgehead atoms. The normalized spacial score (nSPS) is 16.0. The van der Waals surface area contributed by atoms with Gasteiger partial charge in [0, 0.05) is 16.9 Å². The predicted molar refractivity (Wildman–Crippen MR) is 112 cm³/mol. The third kappa shape index (κ3) is 5.01. The van der Waals surface area contributed by atoms with Gasteiger partial charge in [-0.2, -0.15) is 0 Å². The van der Waals surface area contributed by atoms with Gasteiger partial charge in [0.1, 0.15) is 5.69 Å². The third-order valence-electron chi connectivity index (χ3n) is 4.65. The van der Waals surface area contributed by atoms with Gasteiger partial charge in [0.2, 0.25) is 0 Å². The molecule has 2 aromatic rings. The highest BCUT2D eigenvalue weighted by Gasteiger charge is 2.19. The second-order valence-electron chi connectivity index (χ2n) is 6.46. The first-order chi connectivity index (χ1) is 12.8. The monoisotopic (exact) mass is 386 g/mol. The van der Waals surface area contributed by atoms with Crippen LogP contribution in [0.4, 0.5) is 0 Å². The Labute approximate surface area is 164 Å². The lowest BCUT2D eigenvalue weighted by molar-refractivity contribution is 0.390. The Morgan fingerprint density at radius 1 is 1.27 bits per heavy atom. The van der Waals surface area contributed by atoms with E-state index in [4.69, 9.17) is 0 Å². The number of rotatable bonds is 8. The summed E-state index contributed by atoms with van der Waals surface area (Å²) in [6, 6.07) is 5.91. The summed E-state index contributed by atoms with van der Waals surface area (Å²) in [5, 5.41) is 11.8. The van der Waals surface area contributed by atoms with Gasteiger partial charge >= 0.3 is 0 Å². The molecule has 3 rings (SSSR count). The lowest BCUT2D eigenvalue weighted by Gasteiger charge is -2.21. The van der Waals surface area contributed by atoms with Crippen molar-refractivity contribution in [3.05, 3.63) is 47.4 Å². The molecule has 0 spiro atoms. The fraction of sp³-hybridized carbons (Fsp3) is 0.450. The number of thioether (sulfide) groups is 2. The molecule has 1 aliphatic carbocycles. The molecule has 1 aliphatic rings. The largest absolute Gasteiger partial charge is 0.296 e. The number of allylic oxidation sites excluding steroid dienone is 2. The molecular weight excluding hydrogens is 360 g/mol. The summed E-state index contributed by atoms with van der Waals surface area (Å²) in [4.78, 5) is 5.71. The van der Waals surface area contributed by atoms with Crippen molar-refractivity contribution < 1.29 is 0 Å². The van der Waals surface area contributed by atoms with E-state index < -0.39 is 0 Å². The average molecular weight is 387 g/mol. The maximum absolute atomic E-state index is 4.50. The van der Waals surface area contributed by atoms with E-state index in [1.807, 2.05) is 35.4 Å². The third-order valence-corrected chi connectivity index (χ3v) is 6.69. The second kappa shape index (κ2) is 9.97. The van der Waals surface area contributed by atoms with Gasteiger partial charge in [-0.05, 0) is 43.2 Å². The molecule has 138 valence electrons. The van der Waals surface area contributed by atoms with Gasteiger partial charge in [-0.3, -0.25) is 9.55 Å². The molecule has 0 aliphatic heterocycles. The predicted octanol–water partition coefficient (Wildman–Crippen LogP) is 5.79. The molecular formula is C20H26N4S2. The van der Waals surface area contributed by atoms with Gasteiger partial charge in [0.15, 0.2) is 11.0 Å². The number of hydrogen-bond acceptors (Lipinski definition) is 5. The Morgan fingerprint density at radius 2 is 2.12 bits per heavy atom. The van der Waals surface area contributed by atoms with E-state index in [1.165, 1.54) is 37.0 Å². The minimum atomic E-state index is 0.749. The van der Waals surface area contributed by atoms with Gasteiger partial charge < -0.3 is 0 Å². The lowest BCUT2D eigenvalue weighted by atomic mass is 9.91. The quantitative estimate of drug-likeness (QED) is 0.537. The zero-order valence-electron chi connectivity index (χ0n) is 15.3. The zero-order chi connectivity index (χ0) is 18.2. The summed E-state index contributed by atoms with van der Waals surface area (Å²) in [5.74, 6) is 2.77. The van der Waals surface area contributed by atoms with Gasteiger partial charge in [-0.15, -0.1) is 22.0 Å². The van der Waals surface area contributed by atoms with Crippen LogP contribution in [0.1, 0.15) is 39.0 Å². The van der Waals surface area contributed by atoms with Crippen LogP contribution < -0.4 is 0 Å². The topological polar surface area (TPSA) is 43.6 Å². The highest BCUT2D eigenvalue weighted by molar-refractivity contribution is 8.05. The SMILES string of the molecule is C=CS/C(=C\C)Cn1c(SCC2CCCCC2)nnc1-c1ccccn1. The van der Waals surface area contributed by atoms with Gasteiger partial charge in [0.25, 0.3) is 0 Å². The molecule has 1 fully saturated rings. The highest BCUT2D eigenvalue weighted by Crippen LogP contribution is 2.32. The summed E-state index contributed by atoms with van der Waals surface area (Å²) < 4.78 is 2.20. The van der Waals surface area contributed by atoms with Crippen LogP contribution in [0.25, 0.3) is 11.5 Å². The molecule has 0 atom stereocenters. The molecule has 0 radical (unpaired) electrons. The van der Waals surface area contributed by atoms with Crippen molar-refractivity contribution in [2.45, 2.75) is 50.7 Å². The van der Waals surface area contributed by atoms with Crippen molar-refractivity contribution in [2.75, 3.05) is 5.75 Å². The molecule has 0 amide bonds. The Balaban J connectivity index is 1.83. The molecule has 26 heavy (non-hydrogen) atoms. The summed E-state index contributed by atoms with van der Waals surface area (Å²) >= 11 is 3.49. The molecule has 1 saturated carbocycles. The summed E-state index contributed by atoms with van der Waals surface area (Å²) in [6.07, 6.45) is 10.8. The van der Waals surface area contributed by atoms with Crippen LogP contribution in [-0.4, -0.2) is 25.5 Å². The first-order valence-corrected chi connectivity index (χ1v) is 11.1. The number of hydrogen-bond donors (Lipinski definition) is 0. The molecule has 0 N–H and O–H groups in total. The number of aromatic nitrogens is 4. The first kappa shape index (κ1) is 19.2. The highest BCUT2D eigenvalue weighted by atomic mass is 32.2. The van der Waals surface area contributed by atoms with E-state index in [9.17, 15) is 0 Å². The molecule has 0 aromatic carbocycles. The molecule has 2 aromatic heterocycles. The number of nitrogens with zero attached hydrogens (tertiary/aromatic N) is 4. The van der Waals surface area contributed by atoms with Gasteiger partial charge in [-0.25, -0.2) is 0 Å². The Morgan fingerprint density at radius 3 is 2.81 bits per heavy atom. The van der Waals surface area contributed by atoms with E-state index in [1.54, 1.807) is 18.0 Å². The van der Waals surface area contributed by atoms with Crippen LogP contribution in [0.5, 0.6) is 0 Å². The molecule has 0 saturated heterocycles. The van der Waals surface area contributed by atoms with Crippen molar-refractivity contribution in [3.63, 3.8) is 0 Å². The molecule has 0 unspecified atom stereocenters. The second-order valence-corrected chi connectivity index (χ2v) is 8.54. The van der Waals surface area contributed by atoms with Crippen LogP contribution in [0.15, 0.2) is 52.5 Å². The smallest absolute Gasteiger partial charge is 0.191 e. The van der Waals surface area contributed by atoms with E-state index >= 15 is 0 Å². The summed E-state index contributed by atoms with van der Waals surface area (Å²) in [7, 11) is 0. The van der Waals surface area contributed by atoms with Crippen LogP contribution in [-0.2, 0) is 6.54 Å². The minimum absolute atomic E-state index is 0.749. The van der Waals surface area contributed by atoms with Gasteiger partial charge in [0.05, 0.1) is 6.54 Å². The van der Waals surface area contributed by atoms with Crippen LogP contribution in [0.3, 0.4) is 0 Å². The van der Waals surface area contributed by atoms with Crippen LogP contribution >= 0.6 is 23.5 Å². The zero-order valence-corrected chi connectivity index (χ0v) is 16.9. The molecule has 4 nitrogen and oxygen atoms in total. The van der Waals surface area contributed by atoms with E-state index in [0.717, 1.165) is 34.9 Å². The fourth-order valence-corrected chi connectivity index (χ4v) is 4.91. The minimum Gasteiger partial charge on any atom is -0.296 e. The lowest BCUT2D eigenvalue weighted by Crippen LogP contribution is -2.10. The van der Waals surface area contributed by atoms with Crippen LogP contribution in [0, 0.1) is 5.92 Å². The Bertz CT molecular complexity index is 734. The average Bonchev–Trinajstić information content (AvgIpc) is 3.10. The van der Waals surface area contributed by atoms with Crippen molar-refractivity contribution in [1.82, 2.24) is 19.7 Å². The van der Waals surface area contributed by atoms with Crippen molar-refractivity contribution >= 4 is 23.5 Å². The number of pyridine rings is 1. The maximum Gasteiger partial charge on any atom is 0.191 e. The fourth-order valence-electron chi connectivity index (χ4n) is 3.23. The van der Waals surface area contributed by atoms with Gasteiger partial charge in [-0.1, -0.05) is 49.7 Å². The maximum atomic E-state index is 4.50. The summed E-state index contributed by atoms with van der Waals surface area (Å²) in [6.45, 7) is 6.65. The standard InChI is InChI=1S/C20H26N4S2/c1-3-17(25-4-2)14-24-19(18-12-8-9-13-21-18)22-23-20(24)26-15-16-10-6-5-7-11-16/h3-4,8-9,12-13,16H,2,5-7,10-11,14-15H2,1H3/b17-3-.